The number of amides is 1. The molecule has 6 nitrogen and oxygen atoms in total. The molecule has 1 fully saturated rings. The number of nitrogens with two attached hydrogens (primary N) is 2. The molecule has 8 heteroatoms. The van der Waals surface area contributed by atoms with Crippen LogP contribution in [0.2, 0.25) is 0 Å². The third kappa shape index (κ3) is 2.97. The summed E-state index contributed by atoms with van der Waals surface area (Å²) in [5.41, 5.74) is 11.4. The van der Waals surface area contributed by atoms with Gasteiger partial charge in [0.2, 0.25) is 15.9 Å². The maximum Gasteiger partial charge on any atom is 0.244 e. The molecule has 0 aliphatic carbocycles. The highest BCUT2D eigenvalue weighted by molar-refractivity contribution is 9.10. The summed E-state index contributed by atoms with van der Waals surface area (Å²) >= 11 is 3.22. The molecule has 1 heterocycles. The molecule has 0 spiro atoms. The standard InChI is InChI=1S/C12H16BrN3O3S/c13-10-6-9(14)3-4-11(10)20(18,19)16-5-1-2-8(7-16)12(15)17/h3-4,6,8H,1-2,5,7,14H2,(H2,15,17). The number of benzene rings is 1. The number of carbonyl (C=O) groups excluding carboxylic acids is 1. The first-order chi connectivity index (χ1) is 9.32. The van der Waals surface area contributed by atoms with Gasteiger partial charge >= 0.3 is 0 Å². The number of carbonyl (C=O) groups is 1. The van der Waals surface area contributed by atoms with Crippen molar-refractivity contribution in [3.05, 3.63) is 22.7 Å². The van der Waals surface area contributed by atoms with Crippen LogP contribution in [0.4, 0.5) is 5.69 Å². The van der Waals surface area contributed by atoms with Gasteiger partial charge in [0.15, 0.2) is 0 Å². The number of anilines is 1. The number of piperidine rings is 1. The maximum atomic E-state index is 12.6. The van der Waals surface area contributed by atoms with E-state index in [2.05, 4.69) is 15.9 Å². The van der Waals surface area contributed by atoms with E-state index in [0.29, 0.717) is 29.5 Å². The van der Waals surface area contributed by atoms with Crippen LogP contribution in [0.15, 0.2) is 27.6 Å². The predicted molar refractivity (Wildman–Crippen MR) is 79.2 cm³/mol. The molecule has 0 radical (unpaired) electrons. The number of hydrogen-bond donors (Lipinski definition) is 2. The van der Waals surface area contributed by atoms with Crippen molar-refractivity contribution in [2.75, 3.05) is 18.8 Å². The average Bonchev–Trinajstić information content (AvgIpc) is 2.38. The molecule has 1 unspecified atom stereocenters. The fourth-order valence-corrected chi connectivity index (χ4v) is 4.84. The molecule has 1 atom stereocenters. The van der Waals surface area contributed by atoms with E-state index in [1.165, 1.54) is 16.4 Å². The molecule has 0 saturated carbocycles. The second-order valence-electron chi connectivity index (χ2n) is 4.79. The second-order valence-corrected chi connectivity index (χ2v) is 7.56. The summed E-state index contributed by atoms with van der Waals surface area (Å²) < 4.78 is 26.9. The van der Waals surface area contributed by atoms with Gasteiger partial charge in [0.1, 0.15) is 0 Å². The Morgan fingerprint density at radius 1 is 1.40 bits per heavy atom. The Kier molecular flexibility index (Phi) is 4.36. The average molecular weight is 362 g/mol. The Morgan fingerprint density at radius 2 is 2.10 bits per heavy atom. The van der Waals surface area contributed by atoms with Crippen molar-refractivity contribution in [2.45, 2.75) is 17.7 Å². The first kappa shape index (κ1) is 15.3. The highest BCUT2D eigenvalue weighted by Crippen LogP contribution is 2.29. The van der Waals surface area contributed by atoms with E-state index in [4.69, 9.17) is 11.5 Å². The van der Waals surface area contributed by atoms with Crippen LogP contribution in [0.1, 0.15) is 12.8 Å². The largest absolute Gasteiger partial charge is 0.399 e. The van der Waals surface area contributed by atoms with Crippen LogP contribution in [0.25, 0.3) is 0 Å². The van der Waals surface area contributed by atoms with Crippen LogP contribution in [-0.4, -0.2) is 31.7 Å². The molecular formula is C12H16BrN3O3S. The smallest absolute Gasteiger partial charge is 0.244 e. The summed E-state index contributed by atoms with van der Waals surface area (Å²) in [6.45, 7) is 0.525. The van der Waals surface area contributed by atoms with Crippen LogP contribution in [0.3, 0.4) is 0 Å². The van der Waals surface area contributed by atoms with Crippen molar-refractivity contribution >= 4 is 37.5 Å². The van der Waals surface area contributed by atoms with Crippen molar-refractivity contribution in [3.8, 4) is 0 Å². The Hall–Kier alpha value is -1.12. The monoisotopic (exact) mass is 361 g/mol. The van der Waals surface area contributed by atoms with Gasteiger partial charge in [-0.1, -0.05) is 0 Å². The molecule has 1 amide bonds. The Morgan fingerprint density at radius 3 is 2.70 bits per heavy atom. The van der Waals surface area contributed by atoms with Gasteiger partial charge in [0.25, 0.3) is 0 Å². The van der Waals surface area contributed by atoms with Gasteiger partial charge in [-0.15, -0.1) is 0 Å². The molecule has 110 valence electrons. The lowest BCUT2D eigenvalue weighted by atomic mass is 9.99. The van der Waals surface area contributed by atoms with Crippen molar-refractivity contribution in [2.24, 2.45) is 11.7 Å². The van der Waals surface area contributed by atoms with Crippen LogP contribution >= 0.6 is 15.9 Å². The minimum absolute atomic E-state index is 0.133. The number of sulfonamides is 1. The van der Waals surface area contributed by atoms with Crippen LogP contribution in [0.5, 0.6) is 0 Å². The molecule has 1 aliphatic rings. The van der Waals surface area contributed by atoms with Crippen LogP contribution < -0.4 is 11.5 Å². The fourth-order valence-electron chi connectivity index (χ4n) is 2.26. The summed E-state index contributed by atoms with van der Waals surface area (Å²) in [6, 6.07) is 4.54. The van der Waals surface area contributed by atoms with E-state index in [0.717, 1.165) is 0 Å². The van der Waals surface area contributed by atoms with Gasteiger partial charge in [-0.25, -0.2) is 8.42 Å². The number of nitrogens with zero attached hydrogens (tertiary/aromatic N) is 1. The highest BCUT2D eigenvalue weighted by atomic mass is 79.9. The van der Waals surface area contributed by atoms with Crippen molar-refractivity contribution in [1.29, 1.82) is 0 Å². The van der Waals surface area contributed by atoms with Gasteiger partial charge in [-0.05, 0) is 47.0 Å². The number of halogens is 1. The van der Waals surface area contributed by atoms with Crippen LogP contribution in [0, 0.1) is 5.92 Å². The van der Waals surface area contributed by atoms with E-state index in [1.807, 2.05) is 0 Å². The molecule has 4 N–H and O–H groups in total. The quantitative estimate of drug-likeness (QED) is 0.780. The zero-order valence-electron chi connectivity index (χ0n) is 10.8. The molecule has 1 aliphatic heterocycles. The highest BCUT2D eigenvalue weighted by Gasteiger charge is 2.33. The van der Waals surface area contributed by atoms with Gasteiger partial charge in [0.05, 0.1) is 10.8 Å². The summed E-state index contributed by atoms with van der Waals surface area (Å²) in [7, 11) is -3.65. The predicted octanol–water partition coefficient (Wildman–Crippen LogP) is 0.917. The number of nitrogen functional groups attached to an aromatic ring is 1. The van der Waals surface area contributed by atoms with Gasteiger partial charge in [-0.2, -0.15) is 4.31 Å². The molecule has 0 bridgehead atoms. The molecule has 1 saturated heterocycles. The van der Waals surface area contributed by atoms with Crippen molar-refractivity contribution < 1.29 is 13.2 Å². The topological polar surface area (TPSA) is 106 Å². The van der Waals surface area contributed by atoms with Crippen molar-refractivity contribution in [3.63, 3.8) is 0 Å². The van der Waals surface area contributed by atoms with Gasteiger partial charge in [-0.3, -0.25) is 4.79 Å². The zero-order valence-corrected chi connectivity index (χ0v) is 13.2. The van der Waals surface area contributed by atoms with Crippen molar-refractivity contribution in [1.82, 2.24) is 4.31 Å². The van der Waals surface area contributed by atoms with E-state index >= 15 is 0 Å². The maximum absolute atomic E-state index is 12.6. The minimum atomic E-state index is -3.65. The molecule has 0 aromatic heterocycles. The van der Waals surface area contributed by atoms with E-state index in [-0.39, 0.29) is 11.4 Å². The zero-order chi connectivity index (χ0) is 14.9. The SMILES string of the molecule is NC(=O)C1CCCN(S(=O)(=O)c2ccc(N)cc2Br)C1. The molecule has 1 aromatic rings. The Balaban J connectivity index is 2.32. The minimum Gasteiger partial charge on any atom is -0.399 e. The first-order valence-electron chi connectivity index (χ1n) is 6.17. The summed E-state index contributed by atoms with van der Waals surface area (Å²) in [5.74, 6) is -0.882. The number of hydrogen-bond acceptors (Lipinski definition) is 4. The Labute approximate surface area is 126 Å². The lowest BCUT2D eigenvalue weighted by Gasteiger charge is -2.30. The first-order valence-corrected chi connectivity index (χ1v) is 8.40. The summed E-state index contributed by atoms with van der Waals surface area (Å²) in [4.78, 5) is 11.4. The van der Waals surface area contributed by atoms with E-state index in [1.54, 1.807) is 6.07 Å². The number of rotatable bonds is 3. The lowest BCUT2D eigenvalue weighted by Crippen LogP contribution is -2.44. The van der Waals surface area contributed by atoms with E-state index in [9.17, 15) is 13.2 Å². The number of primary amides is 1. The lowest BCUT2D eigenvalue weighted by molar-refractivity contribution is -0.122. The third-order valence-electron chi connectivity index (χ3n) is 3.36. The normalized spacial score (nSPS) is 20.8. The summed E-state index contributed by atoms with van der Waals surface area (Å²) in [6.07, 6.45) is 1.25. The molecular weight excluding hydrogens is 346 g/mol. The van der Waals surface area contributed by atoms with Crippen LogP contribution in [-0.2, 0) is 14.8 Å². The summed E-state index contributed by atoms with van der Waals surface area (Å²) in [5, 5.41) is 0. The van der Waals surface area contributed by atoms with Gasteiger partial charge < -0.3 is 11.5 Å². The molecule has 2 rings (SSSR count). The second kappa shape index (κ2) is 5.71. The molecule has 20 heavy (non-hydrogen) atoms. The Bertz CT molecular complexity index is 633. The van der Waals surface area contributed by atoms with Gasteiger partial charge in [0, 0.05) is 23.2 Å². The fraction of sp³-hybridized carbons (Fsp3) is 0.417. The molecule has 1 aromatic carbocycles. The third-order valence-corrected chi connectivity index (χ3v) is 6.20. The van der Waals surface area contributed by atoms with E-state index < -0.39 is 21.8 Å².